The molecule has 2 unspecified atom stereocenters. The number of aliphatic hydroxyl groups excluding tert-OH is 1. The van der Waals surface area contributed by atoms with Gasteiger partial charge >= 0.3 is 0 Å². The summed E-state index contributed by atoms with van der Waals surface area (Å²) >= 11 is 0. The van der Waals surface area contributed by atoms with Crippen molar-refractivity contribution in [2.24, 2.45) is 5.92 Å². The minimum absolute atomic E-state index is 0.186. The molecule has 2 aromatic carbocycles. The second kappa shape index (κ2) is 13.6. The zero-order chi connectivity index (χ0) is 26.0. The van der Waals surface area contributed by atoms with Gasteiger partial charge in [-0.15, -0.1) is 0 Å². The van der Waals surface area contributed by atoms with Crippen molar-refractivity contribution in [3.63, 3.8) is 0 Å². The van der Waals surface area contributed by atoms with Crippen LogP contribution in [0.4, 0.5) is 4.39 Å². The van der Waals surface area contributed by atoms with E-state index in [-0.39, 0.29) is 11.7 Å². The fourth-order valence-electron chi connectivity index (χ4n) is 5.43. The third-order valence-electron chi connectivity index (χ3n) is 7.73. The summed E-state index contributed by atoms with van der Waals surface area (Å²) in [6.07, 6.45) is 7.07. The monoisotopic (exact) mass is 496 g/mol. The quantitative estimate of drug-likeness (QED) is 0.325. The summed E-state index contributed by atoms with van der Waals surface area (Å²) < 4.78 is 24.2. The molecule has 0 aliphatic carbocycles. The zero-order valence-corrected chi connectivity index (χ0v) is 22.0. The molecule has 1 N–H and O–H groups in total. The summed E-state index contributed by atoms with van der Waals surface area (Å²) in [5, 5.41) is 21.1. The summed E-state index contributed by atoms with van der Waals surface area (Å²) in [6, 6.07) is 14.8. The van der Waals surface area contributed by atoms with Crippen molar-refractivity contribution in [3.05, 3.63) is 59.4 Å². The van der Waals surface area contributed by atoms with Crippen molar-refractivity contribution >= 4 is 0 Å². The van der Waals surface area contributed by atoms with Crippen LogP contribution < -0.4 is 9.47 Å². The van der Waals surface area contributed by atoms with Crippen molar-refractivity contribution in [2.75, 3.05) is 33.9 Å². The van der Waals surface area contributed by atoms with E-state index >= 15 is 0 Å². The number of nitriles is 1. The molecule has 6 heteroatoms. The molecule has 1 fully saturated rings. The van der Waals surface area contributed by atoms with Crippen LogP contribution in [-0.4, -0.2) is 43.9 Å². The summed E-state index contributed by atoms with van der Waals surface area (Å²) in [5.41, 5.74) is 1.24. The molecule has 5 nitrogen and oxygen atoms in total. The number of methoxy groups -OCH3 is 2. The first-order valence-corrected chi connectivity index (χ1v) is 13.3. The molecule has 1 heterocycles. The van der Waals surface area contributed by atoms with E-state index in [4.69, 9.17) is 9.47 Å². The number of aliphatic hydroxyl groups is 1. The maximum Gasteiger partial charge on any atom is 0.161 e. The van der Waals surface area contributed by atoms with Crippen LogP contribution in [-0.2, 0) is 5.41 Å². The Morgan fingerprint density at radius 2 is 1.69 bits per heavy atom. The first-order chi connectivity index (χ1) is 17.5. The van der Waals surface area contributed by atoms with Gasteiger partial charge in [-0.3, -0.25) is 0 Å². The van der Waals surface area contributed by atoms with Gasteiger partial charge < -0.3 is 19.5 Å². The van der Waals surface area contributed by atoms with E-state index in [1.54, 1.807) is 26.4 Å². The van der Waals surface area contributed by atoms with Crippen molar-refractivity contribution < 1.29 is 19.0 Å². The van der Waals surface area contributed by atoms with E-state index in [1.165, 1.54) is 12.1 Å². The summed E-state index contributed by atoms with van der Waals surface area (Å²) in [7, 11) is 3.25. The number of halogens is 1. The minimum Gasteiger partial charge on any atom is -0.493 e. The first kappa shape index (κ1) is 28.0. The van der Waals surface area contributed by atoms with Gasteiger partial charge in [0.25, 0.3) is 0 Å². The third-order valence-corrected chi connectivity index (χ3v) is 7.73. The number of ether oxygens (including phenoxy) is 2. The minimum atomic E-state index is -0.553. The van der Waals surface area contributed by atoms with E-state index in [1.807, 2.05) is 18.2 Å². The molecule has 2 atom stereocenters. The van der Waals surface area contributed by atoms with E-state index in [0.29, 0.717) is 11.5 Å². The highest BCUT2D eigenvalue weighted by Crippen LogP contribution is 2.39. The summed E-state index contributed by atoms with van der Waals surface area (Å²) in [5.74, 6) is 1.24. The highest BCUT2D eigenvalue weighted by molar-refractivity contribution is 5.47. The number of rotatable bonds is 13. The topological polar surface area (TPSA) is 65.7 Å². The molecule has 0 saturated carbocycles. The lowest BCUT2D eigenvalue weighted by Crippen LogP contribution is -2.37. The Morgan fingerprint density at radius 3 is 2.31 bits per heavy atom. The molecule has 1 aliphatic rings. The fourth-order valence-corrected chi connectivity index (χ4v) is 5.43. The Labute approximate surface area is 215 Å². The summed E-state index contributed by atoms with van der Waals surface area (Å²) in [4.78, 5) is 2.44. The van der Waals surface area contributed by atoms with Crippen molar-refractivity contribution in [1.82, 2.24) is 4.90 Å². The van der Waals surface area contributed by atoms with Gasteiger partial charge in [0.15, 0.2) is 11.5 Å². The Morgan fingerprint density at radius 1 is 1.03 bits per heavy atom. The standard InChI is InChI=1S/C30H41FN2O3/c1-4-5-6-16-30(22-32,25-10-13-27(35-2)28(21-25)36-3)17-7-18-33-19-14-24(15-20-33)29(34)23-8-11-26(31)12-9-23/h8-13,21,24,29,34H,4-7,14-20H2,1-3H3. The average molecular weight is 497 g/mol. The average Bonchev–Trinajstić information content (AvgIpc) is 2.92. The van der Waals surface area contributed by atoms with E-state index in [0.717, 1.165) is 82.1 Å². The van der Waals surface area contributed by atoms with Crippen LogP contribution >= 0.6 is 0 Å². The molecule has 0 radical (unpaired) electrons. The number of piperidine rings is 1. The Bertz CT molecular complexity index is 983. The molecule has 0 aromatic heterocycles. The van der Waals surface area contributed by atoms with Crippen LogP contribution in [0.2, 0.25) is 0 Å². The molecule has 0 spiro atoms. The Balaban J connectivity index is 1.60. The van der Waals surface area contributed by atoms with Crippen molar-refractivity contribution in [2.45, 2.75) is 69.8 Å². The molecule has 2 aromatic rings. The van der Waals surface area contributed by atoms with Crippen LogP contribution in [0, 0.1) is 23.1 Å². The highest BCUT2D eigenvalue weighted by atomic mass is 19.1. The molecule has 1 saturated heterocycles. The molecule has 36 heavy (non-hydrogen) atoms. The van der Waals surface area contributed by atoms with Crippen LogP contribution in [0.3, 0.4) is 0 Å². The number of hydrogen-bond acceptors (Lipinski definition) is 5. The third kappa shape index (κ3) is 6.99. The maximum absolute atomic E-state index is 13.2. The molecule has 1 aliphatic heterocycles. The predicted molar refractivity (Wildman–Crippen MR) is 141 cm³/mol. The second-order valence-electron chi connectivity index (χ2n) is 10.00. The maximum atomic E-state index is 13.2. The van der Waals surface area contributed by atoms with Crippen molar-refractivity contribution in [3.8, 4) is 17.6 Å². The van der Waals surface area contributed by atoms with Gasteiger partial charge in [-0.05, 0) is 93.0 Å². The van der Waals surface area contributed by atoms with Crippen LogP contribution in [0.5, 0.6) is 11.5 Å². The van der Waals surface area contributed by atoms with Gasteiger partial charge in [-0.2, -0.15) is 5.26 Å². The van der Waals surface area contributed by atoms with Gasteiger partial charge in [0.1, 0.15) is 5.82 Å². The van der Waals surface area contributed by atoms with Crippen LogP contribution in [0.15, 0.2) is 42.5 Å². The largest absolute Gasteiger partial charge is 0.493 e. The van der Waals surface area contributed by atoms with E-state index in [9.17, 15) is 14.8 Å². The van der Waals surface area contributed by atoms with Gasteiger partial charge in [0.05, 0.1) is 31.8 Å². The number of nitrogens with zero attached hydrogens (tertiary/aromatic N) is 2. The number of hydrogen-bond donors (Lipinski definition) is 1. The smallest absolute Gasteiger partial charge is 0.161 e. The van der Waals surface area contributed by atoms with Gasteiger partial charge in [0.2, 0.25) is 0 Å². The molecule has 3 rings (SSSR count). The van der Waals surface area contributed by atoms with Gasteiger partial charge in [-0.25, -0.2) is 4.39 Å². The van der Waals surface area contributed by atoms with Gasteiger partial charge in [-0.1, -0.05) is 44.4 Å². The highest BCUT2D eigenvalue weighted by Gasteiger charge is 2.33. The fraction of sp³-hybridized carbons (Fsp3) is 0.567. The van der Waals surface area contributed by atoms with E-state index < -0.39 is 11.5 Å². The van der Waals surface area contributed by atoms with E-state index in [2.05, 4.69) is 17.9 Å². The van der Waals surface area contributed by atoms with Crippen LogP contribution in [0.1, 0.15) is 75.5 Å². The lowest BCUT2D eigenvalue weighted by atomic mass is 9.74. The lowest BCUT2D eigenvalue weighted by Gasteiger charge is -2.35. The number of benzene rings is 2. The zero-order valence-electron chi connectivity index (χ0n) is 22.0. The first-order valence-electron chi connectivity index (χ1n) is 13.3. The SMILES string of the molecule is CCCCCC(C#N)(CCCN1CCC(C(O)c2ccc(F)cc2)CC1)c1ccc(OC)c(OC)c1. The lowest BCUT2D eigenvalue weighted by molar-refractivity contribution is 0.0580. The normalized spacial score (nSPS) is 17.2. The Hall–Kier alpha value is -2.62. The van der Waals surface area contributed by atoms with Gasteiger partial charge in [0, 0.05) is 0 Å². The number of unbranched alkanes of at least 4 members (excludes halogenated alkanes) is 2. The summed E-state index contributed by atoms with van der Waals surface area (Å²) in [6.45, 7) is 4.97. The second-order valence-corrected chi connectivity index (χ2v) is 10.00. The molecule has 0 amide bonds. The molecular formula is C30H41FN2O3. The molecule has 196 valence electrons. The Kier molecular flexibility index (Phi) is 10.6. The number of likely N-dealkylation sites (tertiary alicyclic amines) is 1. The van der Waals surface area contributed by atoms with Crippen molar-refractivity contribution in [1.29, 1.82) is 5.26 Å². The predicted octanol–water partition coefficient (Wildman–Crippen LogP) is 6.41. The molecule has 0 bridgehead atoms. The molecular weight excluding hydrogens is 455 g/mol. The van der Waals surface area contributed by atoms with Crippen LogP contribution in [0.25, 0.3) is 0 Å².